The van der Waals surface area contributed by atoms with Crippen molar-refractivity contribution in [3.05, 3.63) is 40.3 Å². The summed E-state index contributed by atoms with van der Waals surface area (Å²) < 4.78 is 1.55. The monoisotopic (exact) mass is 248 g/mol. The fraction of sp³-hybridized carbons (Fsp3) is 0.250. The van der Waals surface area contributed by atoms with E-state index in [0.717, 1.165) is 0 Å². The van der Waals surface area contributed by atoms with Gasteiger partial charge in [-0.1, -0.05) is 6.07 Å². The summed E-state index contributed by atoms with van der Waals surface area (Å²) in [6.45, 7) is 1.62. The Morgan fingerprint density at radius 2 is 2.12 bits per heavy atom. The van der Waals surface area contributed by atoms with Crippen molar-refractivity contribution in [2.45, 2.75) is 6.92 Å². The van der Waals surface area contributed by atoms with Gasteiger partial charge in [-0.15, -0.1) is 11.3 Å². The second-order valence-electron chi connectivity index (χ2n) is 3.80. The van der Waals surface area contributed by atoms with Crippen LogP contribution in [0.15, 0.2) is 29.8 Å². The number of aryl methyl sites for hydroxylation is 1. The molecular formula is C12H12N2O2S. The van der Waals surface area contributed by atoms with Gasteiger partial charge >= 0.3 is 0 Å². The maximum absolute atomic E-state index is 12.0. The van der Waals surface area contributed by atoms with Gasteiger partial charge in [-0.05, 0) is 24.4 Å². The van der Waals surface area contributed by atoms with Crippen molar-refractivity contribution in [1.29, 1.82) is 0 Å². The molecule has 0 amide bonds. The van der Waals surface area contributed by atoms with Gasteiger partial charge < -0.3 is 0 Å². The van der Waals surface area contributed by atoms with Crippen molar-refractivity contribution in [2.24, 2.45) is 13.0 Å². The van der Waals surface area contributed by atoms with Crippen molar-refractivity contribution in [2.75, 3.05) is 0 Å². The highest BCUT2D eigenvalue weighted by Crippen LogP contribution is 2.17. The molecule has 0 aliphatic rings. The van der Waals surface area contributed by atoms with E-state index in [0.29, 0.717) is 10.6 Å². The number of hydrogen-bond acceptors (Lipinski definition) is 4. The number of Topliss-reactive ketones (excluding diaryl/α,β-unsaturated/α-hetero) is 2. The summed E-state index contributed by atoms with van der Waals surface area (Å²) in [5.41, 5.74) is 0.338. The zero-order valence-corrected chi connectivity index (χ0v) is 10.4. The molecule has 5 heteroatoms. The molecule has 0 radical (unpaired) electrons. The van der Waals surface area contributed by atoms with Gasteiger partial charge in [0.15, 0.2) is 11.6 Å². The predicted molar refractivity (Wildman–Crippen MR) is 65.4 cm³/mol. The number of rotatable bonds is 4. The van der Waals surface area contributed by atoms with Crippen molar-refractivity contribution in [3.63, 3.8) is 0 Å². The molecule has 0 fully saturated rings. The van der Waals surface area contributed by atoms with Gasteiger partial charge in [0.25, 0.3) is 0 Å². The first-order valence-corrected chi connectivity index (χ1v) is 6.09. The number of thiophene rings is 1. The van der Waals surface area contributed by atoms with Crippen LogP contribution in [0.4, 0.5) is 0 Å². The quantitative estimate of drug-likeness (QED) is 0.615. The lowest BCUT2D eigenvalue weighted by Gasteiger charge is -2.05. The molecule has 2 rings (SSSR count). The Labute approximate surface area is 103 Å². The summed E-state index contributed by atoms with van der Waals surface area (Å²) in [5.74, 6) is -1.05. The van der Waals surface area contributed by atoms with Crippen LogP contribution >= 0.6 is 11.3 Å². The molecule has 2 heterocycles. The van der Waals surface area contributed by atoms with Crippen molar-refractivity contribution < 1.29 is 9.59 Å². The first-order chi connectivity index (χ1) is 8.09. The molecule has 2 aromatic heterocycles. The largest absolute Gasteiger partial charge is 0.292 e. The number of carbonyl (C=O) groups excluding carboxylic acids is 2. The summed E-state index contributed by atoms with van der Waals surface area (Å²) in [7, 11) is 1.74. The van der Waals surface area contributed by atoms with Gasteiger partial charge in [-0.2, -0.15) is 5.10 Å². The van der Waals surface area contributed by atoms with Crippen molar-refractivity contribution in [3.8, 4) is 0 Å². The molecule has 17 heavy (non-hydrogen) atoms. The standard InChI is InChI=1S/C12H12N2O2S/c1-8(12(16)10-4-3-7-17-10)11(15)9-5-6-14(2)13-9/h3-8H,1-2H3. The molecule has 0 spiro atoms. The van der Waals surface area contributed by atoms with Gasteiger partial charge in [0.1, 0.15) is 5.69 Å². The van der Waals surface area contributed by atoms with E-state index in [2.05, 4.69) is 5.10 Å². The zero-order chi connectivity index (χ0) is 12.4. The molecule has 0 aliphatic heterocycles. The van der Waals surface area contributed by atoms with E-state index in [1.54, 1.807) is 43.0 Å². The minimum absolute atomic E-state index is 0.143. The molecule has 0 aliphatic carbocycles. The first-order valence-electron chi connectivity index (χ1n) is 5.21. The van der Waals surface area contributed by atoms with Gasteiger partial charge in [0.2, 0.25) is 0 Å². The number of ketones is 2. The van der Waals surface area contributed by atoms with Gasteiger partial charge in [-0.25, -0.2) is 0 Å². The van der Waals surface area contributed by atoms with Crippen molar-refractivity contribution >= 4 is 22.9 Å². The van der Waals surface area contributed by atoms with Crippen LogP contribution in [0.1, 0.15) is 27.1 Å². The maximum atomic E-state index is 12.0. The Hall–Kier alpha value is -1.75. The topological polar surface area (TPSA) is 52.0 Å². The van der Waals surface area contributed by atoms with Gasteiger partial charge in [0.05, 0.1) is 10.8 Å². The lowest BCUT2D eigenvalue weighted by atomic mass is 9.98. The summed E-state index contributed by atoms with van der Waals surface area (Å²) in [6.07, 6.45) is 1.69. The summed E-state index contributed by atoms with van der Waals surface area (Å²) in [4.78, 5) is 24.6. The molecule has 0 aromatic carbocycles. The minimum Gasteiger partial charge on any atom is -0.292 e. The third-order valence-electron chi connectivity index (χ3n) is 2.52. The highest BCUT2D eigenvalue weighted by atomic mass is 32.1. The summed E-state index contributed by atoms with van der Waals surface area (Å²) >= 11 is 1.35. The number of carbonyl (C=O) groups is 2. The molecule has 88 valence electrons. The highest BCUT2D eigenvalue weighted by molar-refractivity contribution is 7.12. The third-order valence-corrected chi connectivity index (χ3v) is 3.40. The van der Waals surface area contributed by atoms with Crippen LogP contribution in [0.2, 0.25) is 0 Å². The fourth-order valence-corrected chi connectivity index (χ4v) is 2.27. The van der Waals surface area contributed by atoms with E-state index >= 15 is 0 Å². The van der Waals surface area contributed by atoms with E-state index in [9.17, 15) is 9.59 Å². The number of aromatic nitrogens is 2. The molecule has 0 bridgehead atoms. The Kier molecular flexibility index (Phi) is 3.19. The molecule has 0 saturated heterocycles. The Morgan fingerprint density at radius 1 is 1.35 bits per heavy atom. The molecule has 0 saturated carbocycles. The molecule has 4 nitrogen and oxygen atoms in total. The summed E-state index contributed by atoms with van der Waals surface area (Å²) in [6, 6.07) is 5.16. The van der Waals surface area contributed by atoms with E-state index in [1.807, 2.05) is 5.38 Å². The zero-order valence-electron chi connectivity index (χ0n) is 9.58. The molecular weight excluding hydrogens is 236 g/mol. The molecule has 1 unspecified atom stereocenters. The molecule has 0 N–H and O–H groups in total. The number of nitrogens with zero attached hydrogens (tertiary/aromatic N) is 2. The Balaban J connectivity index is 2.18. The van der Waals surface area contributed by atoms with E-state index in [-0.39, 0.29) is 11.6 Å². The van der Waals surface area contributed by atoms with Crippen LogP contribution < -0.4 is 0 Å². The predicted octanol–water partition coefficient (Wildman–Crippen LogP) is 2.18. The van der Waals surface area contributed by atoms with E-state index in [1.165, 1.54) is 11.3 Å². The third kappa shape index (κ3) is 2.34. The van der Waals surface area contributed by atoms with E-state index in [4.69, 9.17) is 0 Å². The molecule has 2 aromatic rings. The van der Waals surface area contributed by atoms with Crippen LogP contribution in [0, 0.1) is 5.92 Å². The Morgan fingerprint density at radius 3 is 2.65 bits per heavy atom. The second kappa shape index (κ2) is 4.63. The number of hydrogen-bond donors (Lipinski definition) is 0. The van der Waals surface area contributed by atoms with Crippen LogP contribution in [-0.2, 0) is 7.05 Å². The van der Waals surface area contributed by atoms with Crippen LogP contribution in [-0.4, -0.2) is 21.3 Å². The highest BCUT2D eigenvalue weighted by Gasteiger charge is 2.25. The minimum atomic E-state index is -0.677. The van der Waals surface area contributed by atoms with Crippen LogP contribution in [0.5, 0.6) is 0 Å². The smallest absolute Gasteiger partial charge is 0.193 e. The SMILES string of the molecule is CC(C(=O)c1ccn(C)n1)C(=O)c1cccs1. The lowest BCUT2D eigenvalue weighted by Crippen LogP contribution is -2.21. The summed E-state index contributed by atoms with van der Waals surface area (Å²) in [5, 5.41) is 5.84. The van der Waals surface area contributed by atoms with Gasteiger partial charge in [0, 0.05) is 13.2 Å². The first kappa shape index (κ1) is 11.7. The normalized spacial score (nSPS) is 12.4. The molecule has 1 atom stereocenters. The fourth-order valence-electron chi connectivity index (χ4n) is 1.52. The van der Waals surface area contributed by atoms with Crippen molar-refractivity contribution in [1.82, 2.24) is 9.78 Å². The average Bonchev–Trinajstić information content (AvgIpc) is 2.96. The maximum Gasteiger partial charge on any atom is 0.193 e. The van der Waals surface area contributed by atoms with Crippen LogP contribution in [0.25, 0.3) is 0 Å². The van der Waals surface area contributed by atoms with E-state index < -0.39 is 5.92 Å². The van der Waals surface area contributed by atoms with Crippen LogP contribution in [0.3, 0.4) is 0 Å². The average molecular weight is 248 g/mol. The van der Waals surface area contributed by atoms with Gasteiger partial charge in [-0.3, -0.25) is 14.3 Å². The Bertz CT molecular complexity index is 543. The second-order valence-corrected chi connectivity index (χ2v) is 4.75. The lowest BCUT2D eigenvalue weighted by molar-refractivity contribution is 0.0819.